The fourth-order valence-corrected chi connectivity index (χ4v) is 3.50. The van der Waals surface area contributed by atoms with Gasteiger partial charge in [-0.05, 0) is 48.7 Å². The number of ether oxygens (including phenoxy) is 1. The molecule has 5 nitrogen and oxygen atoms in total. The van der Waals surface area contributed by atoms with Crippen LogP contribution in [0.25, 0.3) is 22.4 Å². The normalized spacial score (nSPS) is 15.1. The molecule has 0 bridgehead atoms. The molecule has 3 heterocycles. The van der Waals surface area contributed by atoms with Gasteiger partial charge < -0.3 is 4.74 Å². The lowest BCUT2D eigenvalue weighted by Gasteiger charge is -2.26. The average Bonchev–Trinajstić information content (AvgIpc) is 3.18. The van der Waals surface area contributed by atoms with Gasteiger partial charge in [0.15, 0.2) is 0 Å². The molecule has 1 fully saturated rings. The van der Waals surface area contributed by atoms with Gasteiger partial charge >= 0.3 is 0 Å². The summed E-state index contributed by atoms with van der Waals surface area (Å²) < 4.78 is 7.46. The Hall–Kier alpha value is -2.50. The van der Waals surface area contributed by atoms with Crippen molar-refractivity contribution < 1.29 is 4.74 Å². The Labute approximate surface area is 160 Å². The molecule has 27 heavy (non-hydrogen) atoms. The number of nitrogens with zero attached hydrogens (tertiary/aromatic N) is 4. The fourth-order valence-electron chi connectivity index (χ4n) is 3.50. The highest BCUT2D eigenvalue weighted by Crippen LogP contribution is 2.25. The van der Waals surface area contributed by atoms with E-state index in [0.717, 1.165) is 62.8 Å². The van der Waals surface area contributed by atoms with Crippen LogP contribution in [0, 0.1) is 6.92 Å². The molecule has 4 rings (SSSR count). The smallest absolute Gasteiger partial charge is 0.0923 e. The minimum Gasteiger partial charge on any atom is -0.379 e. The standard InChI is InChI=1S/C22H26N4O/c1-18-16-20(6-8-23-18)19-4-2-5-21(17-19)22-7-11-26(24-22)10-3-9-25-12-14-27-15-13-25/h2,4-8,11,16-17H,3,9-10,12-15H2,1H3. The number of hydrogen-bond donors (Lipinski definition) is 0. The van der Waals surface area contributed by atoms with Crippen LogP contribution in [0.4, 0.5) is 0 Å². The number of aromatic nitrogens is 3. The molecule has 0 amide bonds. The van der Waals surface area contributed by atoms with E-state index in [1.165, 1.54) is 11.1 Å². The molecule has 0 saturated carbocycles. The molecule has 1 aliphatic heterocycles. The predicted octanol–water partition coefficient (Wildman–Crippen LogP) is 3.64. The Morgan fingerprint density at radius 1 is 0.963 bits per heavy atom. The zero-order valence-corrected chi connectivity index (χ0v) is 15.8. The molecule has 140 valence electrons. The van der Waals surface area contributed by atoms with Crippen LogP contribution in [0.2, 0.25) is 0 Å². The van der Waals surface area contributed by atoms with Crippen molar-refractivity contribution in [1.82, 2.24) is 19.7 Å². The third-order valence-corrected chi connectivity index (χ3v) is 4.99. The number of rotatable bonds is 6. The third-order valence-electron chi connectivity index (χ3n) is 4.99. The highest BCUT2D eigenvalue weighted by atomic mass is 16.5. The number of aryl methyl sites for hydroxylation is 2. The van der Waals surface area contributed by atoms with E-state index in [2.05, 4.69) is 63.2 Å². The van der Waals surface area contributed by atoms with E-state index < -0.39 is 0 Å². The van der Waals surface area contributed by atoms with Gasteiger partial charge in [-0.1, -0.05) is 18.2 Å². The molecular weight excluding hydrogens is 336 g/mol. The minimum absolute atomic E-state index is 0.860. The van der Waals surface area contributed by atoms with Crippen molar-refractivity contribution in [1.29, 1.82) is 0 Å². The summed E-state index contributed by atoms with van der Waals surface area (Å²) in [6, 6.07) is 14.8. The van der Waals surface area contributed by atoms with Crippen molar-refractivity contribution in [3.63, 3.8) is 0 Å². The van der Waals surface area contributed by atoms with Gasteiger partial charge in [0, 0.05) is 49.8 Å². The molecule has 1 aliphatic rings. The monoisotopic (exact) mass is 362 g/mol. The van der Waals surface area contributed by atoms with Gasteiger partial charge in [0.1, 0.15) is 0 Å². The molecule has 2 aromatic heterocycles. The predicted molar refractivity (Wildman–Crippen MR) is 108 cm³/mol. The zero-order valence-electron chi connectivity index (χ0n) is 15.8. The fraction of sp³-hybridized carbons (Fsp3) is 0.364. The lowest BCUT2D eigenvalue weighted by Crippen LogP contribution is -2.37. The largest absolute Gasteiger partial charge is 0.379 e. The van der Waals surface area contributed by atoms with E-state index in [4.69, 9.17) is 9.84 Å². The molecule has 5 heteroatoms. The molecule has 0 radical (unpaired) electrons. The summed E-state index contributed by atoms with van der Waals surface area (Å²) in [6.45, 7) is 7.89. The first-order valence-corrected chi connectivity index (χ1v) is 9.65. The second-order valence-corrected chi connectivity index (χ2v) is 7.04. The highest BCUT2D eigenvalue weighted by molar-refractivity contribution is 5.71. The van der Waals surface area contributed by atoms with Gasteiger partial charge in [0.25, 0.3) is 0 Å². The van der Waals surface area contributed by atoms with E-state index >= 15 is 0 Å². The lowest BCUT2D eigenvalue weighted by molar-refractivity contribution is 0.0368. The van der Waals surface area contributed by atoms with Crippen molar-refractivity contribution in [2.45, 2.75) is 19.9 Å². The first-order valence-electron chi connectivity index (χ1n) is 9.65. The lowest BCUT2D eigenvalue weighted by atomic mass is 10.0. The Morgan fingerprint density at radius 2 is 1.78 bits per heavy atom. The summed E-state index contributed by atoms with van der Waals surface area (Å²) in [5, 5.41) is 4.78. The van der Waals surface area contributed by atoms with Gasteiger partial charge in [-0.2, -0.15) is 5.10 Å². The van der Waals surface area contributed by atoms with Crippen molar-refractivity contribution in [3.8, 4) is 22.4 Å². The van der Waals surface area contributed by atoms with E-state index in [1.807, 2.05) is 13.1 Å². The summed E-state index contributed by atoms with van der Waals surface area (Å²) in [5.74, 6) is 0. The van der Waals surface area contributed by atoms with Crippen LogP contribution in [0.1, 0.15) is 12.1 Å². The maximum atomic E-state index is 5.40. The first-order chi connectivity index (χ1) is 13.3. The van der Waals surface area contributed by atoms with Crippen LogP contribution in [-0.2, 0) is 11.3 Å². The summed E-state index contributed by atoms with van der Waals surface area (Å²) >= 11 is 0. The molecule has 1 saturated heterocycles. The van der Waals surface area contributed by atoms with Crippen LogP contribution in [-0.4, -0.2) is 52.5 Å². The van der Waals surface area contributed by atoms with E-state index in [-0.39, 0.29) is 0 Å². The Balaban J connectivity index is 1.41. The van der Waals surface area contributed by atoms with E-state index in [1.54, 1.807) is 0 Å². The van der Waals surface area contributed by atoms with Crippen LogP contribution < -0.4 is 0 Å². The molecular formula is C22H26N4O. The summed E-state index contributed by atoms with van der Waals surface area (Å²) in [5.41, 5.74) is 5.58. The molecule has 0 atom stereocenters. The maximum absolute atomic E-state index is 5.40. The topological polar surface area (TPSA) is 43.2 Å². The Morgan fingerprint density at radius 3 is 2.63 bits per heavy atom. The Bertz CT molecular complexity index is 883. The summed E-state index contributed by atoms with van der Waals surface area (Å²) in [6.07, 6.45) is 5.05. The quantitative estimate of drug-likeness (QED) is 0.671. The van der Waals surface area contributed by atoms with Crippen LogP contribution >= 0.6 is 0 Å². The second-order valence-electron chi connectivity index (χ2n) is 7.04. The van der Waals surface area contributed by atoms with Crippen molar-refractivity contribution >= 4 is 0 Å². The molecule has 0 spiro atoms. The summed E-state index contributed by atoms with van der Waals surface area (Å²) in [4.78, 5) is 6.75. The zero-order chi connectivity index (χ0) is 18.5. The van der Waals surface area contributed by atoms with Crippen molar-refractivity contribution in [2.24, 2.45) is 0 Å². The maximum Gasteiger partial charge on any atom is 0.0923 e. The summed E-state index contributed by atoms with van der Waals surface area (Å²) in [7, 11) is 0. The SMILES string of the molecule is Cc1cc(-c2cccc(-c3ccn(CCCN4CCOCC4)n3)c2)ccn1. The molecule has 1 aromatic carbocycles. The molecule has 0 N–H and O–H groups in total. The van der Waals surface area contributed by atoms with Crippen LogP contribution in [0.3, 0.4) is 0 Å². The van der Waals surface area contributed by atoms with E-state index in [9.17, 15) is 0 Å². The highest BCUT2D eigenvalue weighted by Gasteiger charge is 2.10. The van der Waals surface area contributed by atoms with Gasteiger partial charge in [0.2, 0.25) is 0 Å². The number of pyridine rings is 1. The minimum atomic E-state index is 0.860. The molecule has 0 unspecified atom stereocenters. The van der Waals surface area contributed by atoms with E-state index in [0.29, 0.717) is 0 Å². The van der Waals surface area contributed by atoms with Gasteiger partial charge in [-0.25, -0.2) is 0 Å². The van der Waals surface area contributed by atoms with Crippen molar-refractivity contribution in [3.05, 3.63) is 60.6 Å². The van der Waals surface area contributed by atoms with Gasteiger partial charge in [-0.3, -0.25) is 14.6 Å². The van der Waals surface area contributed by atoms with Crippen LogP contribution in [0.15, 0.2) is 54.9 Å². The Kier molecular flexibility index (Phi) is 5.61. The average molecular weight is 362 g/mol. The second kappa shape index (κ2) is 8.46. The van der Waals surface area contributed by atoms with Crippen molar-refractivity contribution in [2.75, 3.05) is 32.8 Å². The molecule has 3 aromatic rings. The molecule has 0 aliphatic carbocycles. The number of hydrogen-bond acceptors (Lipinski definition) is 4. The van der Waals surface area contributed by atoms with Crippen LogP contribution in [0.5, 0.6) is 0 Å². The third kappa shape index (κ3) is 4.62. The number of benzene rings is 1. The first kappa shape index (κ1) is 17.9. The van der Waals surface area contributed by atoms with Gasteiger partial charge in [0.05, 0.1) is 18.9 Å². The van der Waals surface area contributed by atoms with Gasteiger partial charge in [-0.15, -0.1) is 0 Å². The number of morpholine rings is 1.